The summed E-state index contributed by atoms with van der Waals surface area (Å²) in [6.07, 6.45) is 6.80. The van der Waals surface area contributed by atoms with Crippen LogP contribution in [0.15, 0.2) is 4.99 Å². The van der Waals surface area contributed by atoms with Gasteiger partial charge in [0.25, 0.3) is 0 Å². The first-order valence-corrected chi connectivity index (χ1v) is 8.70. The molecular formula is C16H32N4O. The van der Waals surface area contributed by atoms with E-state index in [2.05, 4.69) is 27.4 Å². The average Bonchev–Trinajstić information content (AvgIpc) is 3.32. The van der Waals surface area contributed by atoms with E-state index in [0.717, 1.165) is 51.3 Å². The molecule has 0 amide bonds. The summed E-state index contributed by atoms with van der Waals surface area (Å²) in [5.74, 6) is 1.76. The van der Waals surface area contributed by atoms with Gasteiger partial charge in [0.15, 0.2) is 5.96 Å². The Kier molecular flexibility index (Phi) is 7.89. The summed E-state index contributed by atoms with van der Waals surface area (Å²) in [7, 11) is 0. The van der Waals surface area contributed by atoms with E-state index in [0.29, 0.717) is 0 Å². The van der Waals surface area contributed by atoms with Gasteiger partial charge in [-0.2, -0.15) is 0 Å². The average molecular weight is 296 g/mol. The quantitative estimate of drug-likeness (QED) is 0.384. The molecule has 0 spiro atoms. The van der Waals surface area contributed by atoms with Crippen molar-refractivity contribution in [2.75, 3.05) is 52.5 Å². The minimum Gasteiger partial charge on any atom is -0.379 e. The van der Waals surface area contributed by atoms with Crippen LogP contribution in [0, 0.1) is 5.92 Å². The van der Waals surface area contributed by atoms with E-state index in [9.17, 15) is 0 Å². The Balaban J connectivity index is 1.55. The van der Waals surface area contributed by atoms with Crippen molar-refractivity contribution in [2.24, 2.45) is 10.9 Å². The number of nitrogens with zero attached hydrogens (tertiary/aromatic N) is 2. The standard InChI is InChI=1S/C16H32N4O/c1-2-17-16(19-9-13-21-14-15-6-7-15)18-8-12-20-10-4-3-5-11-20/h15H,2-14H2,1H3,(H2,17,18,19). The smallest absolute Gasteiger partial charge is 0.191 e. The summed E-state index contributed by atoms with van der Waals surface area (Å²) in [6.45, 7) is 9.99. The van der Waals surface area contributed by atoms with Crippen LogP contribution in [-0.4, -0.2) is 63.3 Å². The number of piperidine rings is 1. The van der Waals surface area contributed by atoms with Crippen LogP contribution in [-0.2, 0) is 4.74 Å². The molecule has 2 N–H and O–H groups in total. The topological polar surface area (TPSA) is 48.9 Å². The van der Waals surface area contributed by atoms with Crippen LogP contribution in [0.2, 0.25) is 0 Å². The third kappa shape index (κ3) is 7.67. The summed E-state index contributed by atoms with van der Waals surface area (Å²) in [5, 5.41) is 6.65. The molecule has 0 bridgehead atoms. The highest BCUT2D eigenvalue weighted by atomic mass is 16.5. The Morgan fingerprint density at radius 3 is 2.71 bits per heavy atom. The highest BCUT2D eigenvalue weighted by Gasteiger charge is 2.20. The number of likely N-dealkylation sites (tertiary alicyclic amines) is 1. The molecule has 0 atom stereocenters. The molecule has 1 aliphatic carbocycles. The molecule has 1 heterocycles. The van der Waals surface area contributed by atoms with Gasteiger partial charge in [-0.05, 0) is 51.6 Å². The third-order valence-corrected chi connectivity index (χ3v) is 4.07. The molecule has 1 aliphatic heterocycles. The van der Waals surface area contributed by atoms with Crippen LogP contribution >= 0.6 is 0 Å². The van der Waals surface area contributed by atoms with Crippen molar-refractivity contribution >= 4 is 5.96 Å². The van der Waals surface area contributed by atoms with E-state index in [1.807, 2.05) is 0 Å². The Bertz CT molecular complexity index is 299. The molecule has 2 rings (SSSR count). The number of rotatable bonds is 9. The Morgan fingerprint density at radius 2 is 2.00 bits per heavy atom. The van der Waals surface area contributed by atoms with Crippen molar-refractivity contribution in [1.82, 2.24) is 15.5 Å². The fourth-order valence-electron chi connectivity index (χ4n) is 2.60. The maximum atomic E-state index is 5.63. The lowest BCUT2D eigenvalue weighted by molar-refractivity contribution is 0.129. The van der Waals surface area contributed by atoms with Crippen molar-refractivity contribution in [2.45, 2.75) is 39.0 Å². The Hall–Kier alpha value is -0.810. The van der Waals surface area contributed by atoms with E-state index in [4.69, 9.17) is 4.74 Å². The van der Waals surface area contributed by atoms with Crippen molar-refractivity contribution in [3.05, 3.63) is 0 Å². The molecule has 21 heavy (non-hydrogen) atoms. The lowest BCUT2D eigenvalue weighted by atomic mass is 10.1. The SMILES string of the molecule is CCNC(=NCCN1CCCCC1)NCCOCC1CC1. The first-order chi connectivity index (χ1) is 10.4. The second kappa shape index (κ2) is 10.0. The van der Waals surface area contributed by atoms with Crippen LogP contribution in [0.25, 0.3) is 0 Å². The van der Waals surface area contributed by atoms with Crippen molar-refractivity contribution in [3.63, 3.8) is 0 Å². The van der Waals surface area contributed by atoms with E-state index in [-0.39, 0.29) is 0 Å². The molecule has 0 unspecified atom stereocenters. The minimum atomic E-state index is 0.771. The summed E-state index contributed by atoms with van der Waals surface area (Å²) in [6, 6.07) is 0. The third-order valence-electron chi connectivity index (χ3n) is 4.07. The molecule has 0 aromatic heterocycles. The first kappa shape index (κ1) is 16.6. The van der Waals surface area contributed by atoms with Gasteiger partial charge in [0, 0.05) is 26.2 Å². The molecular weight excluding hydrogens is 264 g/mol. The molecule has 5 heteroatoms. The van der Waals surface area contributed by atoms with Gasteiger partial charge < -0.3 is 20.3 Å². The van der Waals surface area contributed by atoms with Gasteiger partial charge in [0.05, 0.1) is 13.2 Å². The molecule has 0 radical (unpaired) electrons. The van der Waals surface area contributed by atoms with Crippen molar-refractivity contribution in [1.29, 1.82) is 0 Å². The number of guanidine groups is 1. The fourth-order valence-corrected chi connectivity index (χ4v) is 2.60. The maximum absolute atomic E-state index is 5.63. The highest BCUT2D eigenvalue weighted by molar-refractivity contribution is 5.79. The van der Waals surface area contributed by atoms with Gasteiger partial charge in [-0.3, -0.25) is 4.99 Å². The monoisotopic (exact) mass is 296 g/mol. The van der Waals surface area contributed by atoms with Gasteiger partial charge in [-0.25, -0.2) is 0 Å². The number of aliphatic imine (C=N–C) groups is 1. The fraction of sp³-hybridized carbons (Fsp3) is 0.938. The van der Waals surface area contributed by atoms with E-state index >= 15 is 0 Å². The largest absolute Gasteiger partial charge is 0.379 e. The minimum absolute atomic E-state index is 0.771. The van der Waals surface area contributed by atoms with Crippen LogP contribution in [0.3, 0.4) is 0 Å². The van der Waals surface area contributed by atoms with Gasteiger partial charge in [0.2, 0.25) is 0 Å². The molecule has 2 aliphatic rings. The molecule has 1 saturated heterocycles. The molecule has 122 valence electrons. The second-order valence-electron chi connectivity index (χ2n) is 6.11. The predicted molar refractivity (Wildman–Crippen MR) is 87.8 cm³/mol. The van der Waals surface area contributed by atoms with E-state index in [1.54, 1.807) is 0 Å². The van der Waals surface area contributed by atoms with Crippen molar-refractivity contribution < 1.29 is 4.74 Å². The van der Waals surface area contributed by atoms with Crippen LogP contribution in [0.5, 0.6) is 0 Å². The zero-order valence-corrected chi connectivity index (χ0v) is 13.6. The molecule has 2 fully saturated rings. The predicted octanol–water partition coefficient (Wildman–Crippen LogP) is 1.45. The van der Waals surface area contributed by atoms with Gasteiger partial charge in [-0.15, -0.1) is 0 Å². The van der Waals surface area contributed by atoms with Crippen LogP contribution in [0.1, 0.15) is 39.0 Å². The zero-order chi connectivity index (χ0) is 14.8. The zero-order valence-electron chi connectivity index (χ0n) is 13.6. The maximum Gasteiger partial charge on any atom is 0.191 e. The Labute approximate surface area is 129 Å². The molecule has 0 aromatic rings. The van der Waals surface area contributed by atoms with Crippen LogP contribution < -0.4 is 10.6 Å². The summed E-state index contributed by atoms with van der Waals surface area (Å²) in [4.78, 5) is 7.17. The number of hydrogen-bond acceptors (Lipinski definition) is 3. The number of hydrogen-bond donors (Lipinski definition) is 2. The highest BCUT2D eigenvalue weighted by Crippen LogP contribution is 2.28. The number of nitrogens with one attached hydrogen (secondary N) is 2. The van der Waals surface area contributed by atoms with Gasteiger partial charge in [0.1, 0.15) is 0 Å². The summed E-state index contributed by atoms with van der Waals surface area (Å²) in [5.41, 5.74) is 0. The van der Waals surface area contributed by atoms with Crippen LogP contribution in [0.4, 0.5) is 0 Å². The van der Waals surface area contributed by atoms with Crippen molar-refractivity contribution in [3.8, 4) is 0 Å². The number of ether oxygens (including phenoxy) is 1. The molecule has 1 saturated carbocycles. The van der Waals surface area contributed by atoms with Gasteiger partial charge >= 0.3 is 0 Å². The lowest BCUT2D eigenvalue weighted by Crippen LogP contribution is -2.40. The van der Waals surface area contributed by atoms with E-state index < -0.39 is 0 Å². The first-order valence-electron chi connectivity index (χ1n) is 8.70. The lowest BCUT2D eigenvalue weighted by Gasteiger charge is -2.25. The Morgan fingerprint density at radius 1 is 1.19 bits per heavy atom. The molecule has 5 nitrogen and oxygen atoms in total. The normalized spacial score (nSPS) is 20.5. The summed E-state index contributed by atoms with van der Waals surface area (Å²) < 4.78 is 5.63. The molecule has 0 aromatic carbocycles. The summed E-state index contributed by atoms with van der Waals surface area (Å²) >= 11 is 0. The second-order valence-corrected chi connectivity index (χ2v) is 6.11. The van der Waals surface area contributed by atoms with E-state index in [1.165, 1.54) is 45.2 Å². The van der Waals surface area contributed by atoms with Gasteiger partial charge in [-0.1, -0.05) is 6.42 Å².